The molecule has 0 saturated carbocycles. The Hall–Kier alpha value is -2.62. The first-order chi connectivity index (χ1) is 9.52. The summed E-state index contributed by atoms with van der Waals surface area (Å²) in [5, 5.41) is 19.8. The van der Waals surface area contributed by atoms with Crippen LogP contribution in [0.15, 0.2) is 18.2 Å². The molecular weight excluding hydrogens is 260 g/mol. The van der Waals surface area contributed by atoms with Gasteiger partial charge in [-0.05, 0) is 18.6 Å². The highest BCUT2D eigenvalue weighted by Crippen LogP contribution is 2.26. The normalized spacial score (nSPS) is 15.7. The lowest BCUT2D eigenvalue weighted by molar-refractivity contribution is -0.385. The summed E-state index contributed by atoms with van der Waals surface area (Å²) in [5.74, 6) is -0.0190. The molecule has 1 saturated heterocycles. The summed E-state index contributed by atoms with van der Waals surface area (Å²) in [5.41, 5.74) is 0.395. The van der Waals surface area contributed by atoms with E-state index in [4.69, 9.17) is 5.26 Å². The lowest BCUT2D eigenvalue weighted by Crippen LogP contribution is -2.34. The second-order valence-corrected chi connectivity index (χ2v) is 4.66. The van der Waals surface area contributed by atoms with E-state index in [0.717, 1.165) is 6.42 Å². The maximum atomic E-state index is 11.8. The minimum atomic E-state index is -0.576. The Labute approximate surface area is 116 Å². The van der Waals surface area contributed by atoms with E-state index in [0.29, 0.717) is 18.8 Å². The average Bonchev–Trinajstić information content (AvgIpc) is 2.60. The topological polar surface area (TPSA) is 90.5 Å². The highest BCUT2D eigenvalue weighted by molar-refractivity contribution is 5.82. The lowest BCUT2D eigenvalue weighted by Gasteiger charge is -2.21. The maximum Gasteiger partial charge on any atom is 0.289 e. The Balaban J connectivity index is 2.33. The number of nitro benzene ring substituents is 1. The summed E-state index contributed by atoms with van der Waals surface area (Å²) < 4.78 is 0. The number of nitrogens with zero attached hydrogens (tertiary/aromatic N) is 4. The van der Waals surface area contributed by atoms with Gasteiger partial charge in [0.2, 0.25) is 5.91 Å². The van der Waals surface area contributed by atoms with Crippen LogP contribution >= 0.6 is 0 Å². The van der Waals surface area contributed by atoms with Gasteiger partial charge in [-0.2, -0.15) is 5.26 Å². The molecular formula is C13H14N4O3. The molecule has 1 heterocycles. The summed E-state index contributed by atoms with van der Waals surface area (Å²) in [6, 6.07) is 6.22. The van der Waals surface area contributed by atoms with E-state index in [1.54, 1.807) is 29.0 Å². The largest absolute Gasteiger partial charge is 0.362 e. The van der Waals surface area contributed by atoms with E-state index in [2.05, 4.69) is 0 Å². The van der Waals surface area contributed by atoms with E-state index in [1.165, 1.54) is 12.1 Å². The standard InChI is InChI=1S/C13H14N4O3/c1-15-5-2-6-16(9-13(15)18)11-4-3-10(8-14)12(7-11)17(19)20/h3-4,7H,2,5-6,9H2,1H3. The number of carbonyl (C=O) groups excluding carboxylic acids is 1. The van der Waals surface area contributed by atoms with E-state index in [9.17, 15) is 14.9 Å². The van der Waals surface area contributed by atoms with Crippen molar-refractivity contribution in [3.05, 3.63) is 33.9 Å². The van der Waals surface area contributed by atoms with Crippen LogP contribution in [0.5, 0.6) is 0 Å². The summed E-state index contributed by atoms with van der Waals surface area (Å²) in [4.78, 5) is 25.7. The molecule has 0 unspecified atom stereocenters. The number of rotatable bonds is 2. The fourth-order valence-corrected chi connectivity index (χ4v) is 2.17. The van der Waals surface area contributed by atoms with Crippen molar-refractivity contribution in [2.45, 2.75) is 6.42 Å². The zero-order chi connectivity index (χ0) is 14.7. The van der Waals surface area contributed by atoms with Crippen molar-refractivity contribution in [2.24, 2.45) is 0 Å². The quantitative estimate of drug-likeness (QED) is 0.595. The predicted molar refractivity (Wildman–Crippen MR) is 72.3 cm³/mol. The summed E-state index contributed by atoms with van der Waals surface area (Å²) in [7, 11) is 1.74. The third-order valence-electron chi connectivity index (χ3n) is 3.34. The molecule has 0 atom stereocenters. The van der Waals surface area contributed by atoms with Gasteiger partial charge in [-0.1, -0.05) is 0 Å². The van der Waals surface area contributed by atoms with E-state index >= 15 is 0 Å². The van der Waals surface area contributed by atoms with Gasteiger partial charge in [0, 0.05) is 31.9 Å². The molecule has 2 rings (SSSR count). The number of nitriles is 1. The van der Waals surface area contributed by atoms with Crippen LogP contribution in [0.2, 0.25) is 0 Å². The fraction of sp³-hybridized carbons (Fsp3) is 0.385. The van der Waals surface area contributed by atoms with Crippen LogP contribution in [0.4, 0.5) is 11.4 Å². The second-order valence-electron chi connectivity index (χ2n) is 4.66. The zero-order valence-corrected chi connectivity index (χ0v) is 11.1. The van der Waals surface area contributed by atoms with Gasteiger partial charge >= 0.3 is 0 Å². The van der Waals surface area contributed by atoms with Gasteiger partial charge in [0.1, 0.15) is 11.6 Å². The van der Waals surface area contributed by atoms with Crippen molar-refractivity contribution in [3.63, 3.8) is 0 Å². The summed E-state index contributed by atoms with van der Waals surface area (Å²) in [6.07, 6.45) is 0.802. The Morgan fingerprint density at radius 1 is 1.40 bits per heavy atom. The van der Waals surface area contributed by atoms with Crippen LogP contribution in [0.1, 0.15) is 12.0 Å². The molecule has 1 aliphatic heterocycles. The lowest BCUT2D eigenvalue weighted by atomic mass is 10.1. The third kappa shape index (κ3) is 2.69. The number of benzene rings is 1. The molecule has 0 aliphatic carbocycles. The molecule has 0 bridgehead atoms. The molecule has 0 N–H and O–H groups in total. The first kappa shape index (κ1) is 13.8. The van der Waals surface area contributed by atoms with E-state index in [1.807, 2.05) is 0 Å². The van der Waals surface area contributed by atoms with Gasteiger partial charge < -0.3 is 9.80 Å². The number of hydrogen-bond acceptors (Lipinski definition) is 5. The Morgan fingerprint density at radius 2 is 2.15 bits per heavy atom. The molecule has 104 valence electrons. The number of amides is 1. The zero-order valence-electron chi connectivity index (χ0n) is 11.1. The molecule has 7 heteroatoms. The third-order valence-corrected chi connectivity index (χ3v) is 3.34. The first-order valence-corrected chi connectivity index (χ1v) is 6.20. The second kappa shape index (κ2) is 5.57. The van der Waals surface area contributed by atoms with Crippen molar-refractivity contribution in [1.29, 1.82) is 5.26 Å². The highest BCUT2D eigenvalue weighted by Gasteiger charge is 2.22. The van der Waals surface area contributed by atoms with Crippen LogP contribution < -0.4 is 4.90 Å². The molecule has 20 heavy (non-hydrogen) atoms. The molecule has 1 aliphatic rings. The summed E-state index contributed by atoms with van der Waals surface area (Å²) >= 11 is 0. The van der Waals surface area contributed by atoms with Crippen LogP contribution in [0.3, 0.4) is 0 Å². The molecule has 1 aromatic carbocycles. The van der Waals surface area contributed by atoms with Gasteiger partial charge in [-0.3, -0.25) is 14.9 Å². The average molecular weight is 274 g/mol. The Morgan fingerprint density at radius 3 is 2.80 bits per heavy atom. The molecule has 7 nitrogen and oxygen atoms in total. The first-order valence-electron chi connectivity index (χ1n) is 6.20. The maximum absolute atomic E-state index is 11.8. The van der Waals surface area contributed by atoms with E-state index in [-0.39, 0.29) is 23.7 Å². The van der Waals surface area contributed by atoms with Crippen molar-refractivity contribution < 1.29 is 9.72 Å². The van der Waals surface area contributed by atoms with Gasteiger partial charge in [0.05, 0.1) is 11.5 Å². The van der Waals surface area contributed by atoms with Crippen LogP contribution in [0, 0.1) is 21.4 Å². The minimum Gasteiger partial charge on any atom is -0.362 e. The molecule has 1 amide bonds. The smallest absolute Gasteiger partial charge is 0.289 e. The predicted octanol–water partition coefficient (Wildman–Crippen LogP) is 1.13. The number of anilines is 1. The van der Waals surface area contributed by atoms with Crippen molar-refractivity contribution in [2.75, 3.05) is 31.6 Å². The van der Waals surface area contributed by atoms with Gasteiger partial charge in [0.25, 0.3) is 5.69 Å². The van der Waals surface area contributed by atoms with Crippen molar-refractivity contribution in [1.82, 2.24) is 4.90 Å². The summed E-state index contributed by atoms with van der Waals surface area (Å²) in [6.45, 7) is 1.52. The Bertz CT molecular complexity index is 594. The Kier molecular flexibility index (Phi) is 3.84. The van der Waals surface area contributed by atoms with Gasteiger partial charge in [-0.15, -0.1) is 0 Å². The SMILES string of the molecule is CN1CCCN(c2ccc(C#N)c([N+](=O)[O-])c2)CC1=O. The number of likely N-dealkylation sites (N-methyl/N-ethyl adjacent to an activating group) is 1. The van der Waals surface area contributed by atoms with Crippen molar-refractivity contribution >= 4 is 17.3 Å². The molecule has 1 fully saturated rings. The van der Waals surface area contributed by atoms with Crippen LogP contribution in [-0.4, -0.2) is 42.4 Å². The van der Waals surface area contributed by atoms with Gasteiger partial charge in [0.15, 0.2) is 0 Å². The number of hydrogen-bond donors (Lipinski definition) is 0. The molecule has 0 aromatic heterocycles. The van der Waals surface area contributed by atoms with Crippen LogP contribution in [0.25, 0.3) is 0 Å². The molecule has 0 spiro atoms. The highest BCUT2D eigenvalue weighted by atomic mass is 16.6. The molecule has 1 aromatic rings. The molecule has 0 radical (unpaired) electrons. The minimum absolute atomic E-state index is 0.0190. The van der Waals surface area contributed by atoms with Crippen molar-refractivity contribution in [3.8, 4) is 6.07 Å². The monoisotopic (exact) mass is 274 g/mol. The fourth-order valence-electron chi connectivity index (χ4n) is 2.17. The van der Waals surface area contributed by atoms with Crippen LogP contribution in [-0.2, 0) is 4.79 Å². The number of carbonyl (C=O) groups is 1. The number of nitro groups is 1. The van der Waals surface area contributed by atoms with E-state index < -0.39 is 4.92 Å². The van der Waals surface area contributed by atoms with Gasteiger partial charge in [-0.25, -0.2) is 0 Å².